The molecule has 3 heteroatoms. The van der Waals surface area contributed by atoms with E-state index < -0.39 is 0 Å². The molecular weight excluding hydrogens is 366 g/mol. The van der Waals surface area contributed by atoms with E-state index in [0.717, 1.165) is 18.7 Å². The molecule has 0 bridgehead atoms. The zero-order chi connectivity index (χ0) is 21.1. The van der Waals surface area contributed by atoms with E-state index in [1.54, 1.807) is 0 Å². The number of rotatable bonds is 3. The van der Waals surface area contributed by atoms with E-state index in [4.69, 9.17) is 4.98 Å². The Kier molecular flexibility index (Phi) is 4.22. The Morgan fingerprint density at radius 1 is 0.800 bits per heavy atom. The lowest BCUT2D eigenvalue weighted by atomic mass is 9.55. The maximum atomic E-state index is 4.91. The Hall–Kier alpha value is -2.81. The number of aryl methyl sites for hydroxylation is 1. The minimum absolute atomic E-state index is 0.0269. The number of para-hydroxylation sites is 2. The summed E-state index contributed by atoms with van der Waals surface area (Å²) in [4.78, 5) is 9.98. The van der Waals surface area contributed by atoms with Crippen LogP contribution >= 0.6 is 0 Å². The van der Waals surface area contributed by atoms with Crippen LogP contribution in [0.3, 0.4) is 0 Å². The monoisotopic (exact) mass is 397 g/mol. The van der Waals surface area contributed by atoms with E-state index in [0.29, 0.717) is 0 Å². The van der Waals surface area contributed by atoms with Gasteiger partial charge in [-0.2, -0.15) is 0 Å². The lowest BCUT2D eigenvalue weighted by molar-refractivity contribution is 0.0964. The number of nitrogens with zero attached hydrogens (tertiary/aromatic N) is 3. The SMILES string of the molecule is CCC1(C)c2ccccc2N2c3ncccc3N(c3ccccc3C)C2C1(C)CC. The van der Waals surface area contributed by atoms with Crippen LogP contribution in [0.25, 0.3) is 0 Å². The molecule has 0 fully saturated rings. The summed E-state index contributed by atoms with van der Waals surface area (Å²) in [6, 6.07) is 22.0. The average molecular weight is 398 g/mol. The number of fused-ring (bicyclic) bond motifs is 5. The van der Waals surface area contributed by atoms with Crippen molar-refractivity contribution in [1.29, 1.82) is 0 Å². The Labute approximate surface area is 180 Å². The highest BCUT2D eigenvalue weighted by Crippen LogP contribution is 2.63. The smallest absolute Gasteiger partial charge is 0.158 e. The van der Waals surface area contributed by atoms with Crippen molar-refractivity contribution >= 4 is 22.9 Å². The Bertz CT molecular complexity index is 1110. The largest absolute Gasteiger partial charge is 0.316 e. The van der Waals surface area contributed by atoms with Gasteiger partial charge in [-0.3, -0.25) is 0 Å². The molecule has 0 aliphatic carbocycles. The number of pyridine rings is 1. The molecule has 0 amide bonds. The summed E-state index contributed by atoms with van der Waals surface area (Å²) in [7, 11) is 0. The van der Waals surface area contributed by atoms with Crippen LogP contribution in [0.2, 0.25) is 0 Å². The molecule has 30 heavy (non-hydrogen) atoms. The summed E-state index contributed by atoms with van der Waals surface area (Å²) in [5.41, 5.74) is 6.60. The normalized spacial score (nSPS) is 26.9. The zero-order valence-corrected chi connectivity index (χ0v) is 18.7. The average Bonchev–Trinajstić information content (AvgIpc) is 3.13. The van der Waals surface area contributed by atoms with Gasteiger partial charge in [0.1, 0.15) is 6.17 Å². The Balaban J connectivity index is 1.87. The number of hydrogen-bond donors (Lipinski definition) is 0. The van der Waals surface area contributed by atoms with Crippen molar-refractivity contribution in [1.82, 2.24) is 4.98 Å². The summed E-state index contributed by atoms with van der Waals surface area (Å²) in [5.74, 6) is 1.07. The third-order valence-corrected chi connectivity index (χ3v) is 8.15. The van der Waals surface area contributed by atoms with Crippen molar-refractivity contribution in [2.75, 3.05) is 9.80 Å². The summed E-state index contributed by atoms with van der Waals surface area (Å²) >= 11 is 0. The third-order valence-electron chi connectivity index (χ3n) is 8.15. The van der Waals surface area contributed by atoms with Gasteiger partial charge < -0.3 is 9.80 Å². The maximum Gasteiger partial charge on any atom is 0.158 e. The second-order valence-corrected chi connectivity index (χ2v) is 9.22. The van der Waals surface area contributed by atoms with Crippen molar-refractivity contribution in [2.24, 2.45) is 5.41 Å². The van der Waals surface area contributed by atoms with Crippen LogP contribution in [0.1, 0.15) is 51.7 Å². The minimum Gasteiger partial charge on any atom is -0.316 e. The van der Waals surface area contributed by atoms with Crippen LogP contribution in [0.4, 0.5) is 22.9 Å². The van der Waals surface area contributed by atoms with Gasteiger partial charge in [-0.15, -0.1) is 0 Å². The summed E-state index contributed by atoms with van der Waals surface area (Å²) in [6.45, 7) is 11.9. The van der Waals surface area contributed by atoms with E-state index in [-0.39, 0.29) is 17.0 Å². The van der Waals surface area contributed by atoms with Crippen LogP contribution in [0.5, 0.6) is 0 Å². The Morgan fingerprint density at radius 2 is 1.47 bits per heavy atom. The summed E-state index contributed by atoms with van der Waals surface area (Å²) in [5, 5.41) is 0. The molecule has 2 aliphatic rings. The van der Waals surface area contributed by atoms with E-state index in [1.165, 1.54) is 28.2 Å². The molecule has 0 saturated heterocycles. The standard InChI is InChI=1S/C27H31N3/c1-6-26(4)20-14-9-11-16-22(20)30-24-23(17-12-18-28-24)29(25(30)27(26,5)7-2)21-15-10-8-13-19(21)3/h8-18,25H,6-7H2,1-5H3. The molecule has 0 spiro atoms. The van der Waals surface area contributed by atoms with E-state index in [2.05, 4.69) is 105 Å². The fourth-order valence-electron chi connectivity index (χ4n) is 5.95. The van der Waals surface area contributed by atoms with Gasteiger partial charge in [0.25, 0.3) is 0 Å². The van der Waals surface area contributed by atoms with Crippen LogP contribution < -0.4 is 9.80 Å². The van der Waals surface area contributed by atoms with Gasteiger partial charge in [-0.1, -0.05) is 64.1 Å². The van der Waals surface area contributed by atoms with Gasteiger partial charge in [0, 0.05) is 28.4 Å². The highest BCUT2D eigenvalue weighted by atomic mass is 15.5. The molecule has 3 unspecified atom stereocenters. The van der Waals surface area contributed by atoms with E-state index in [9.17, 15) is 0 Å². The second kappa shape index (κ2) is 6.60. The predicted molar refractivity (Wildman–Crippen MR) is 126 cm³/mol. The summed E-state index contributed by atoms with van der Waals surface area (Å²) in [6.07, 6.45) is 4.29. The first-order valence-electron chi connectivity index (χ1n) is 11.2. The first-order chi connectivity index (χ1) is 14.5. The number of benzene rings is 2. The third kappa shape index (κ3) is 2.24. The molecular formula is C27H31N3. The van der Waals surface area contributed by atoms with Gasteiger partial charge in [-0.05, 0) is 55.2 Å². The number of anilines is 4. The summed E-state index contributed by atoms with van der Waals surface area (Å²) < 4.78 is 0. The lowest BCUT2D eigenvalue weighted by Crippen LogP contribution is -2.62. The van der Waals surface area contributed by atoms with Crippen LogP contribution in [-0.2, 0) is 5.41 Å². The molecule has 2 aliphatic heterocycles. The van der Waals surface area contributed by atoms with Gasteiger partial charge in [0.2, 0.25) is 0 Å². The zero-order valence-electron chi connectivity index (χ0n) is 18.7. The Morgan fingerprint density at radius 3 is 2.17 bits per heavy atom. The van der Waals surface area contributed by atoms with Crippen molar-refractivity contribution in [3.05, 3.63) is 78.0 Å². The molecule has 0 N–H and O–H groups in total. The van der Waals surface area contributed by atoms with Crippen molar-refractivity contribution in [2.45, 2.75) is 59.0 Å². The molecule has 3 nitrogen and oxygen atoms in total. The van der Waals surface area contributed by atoms with Gasteiger partial charge >= 0.3 is 0 Å². The topological polar surface area (TPSA) is 19.4 Å². The van der Waals surface area contributed by atoms with Crippen LogP contribution in [-0.4, -0.2) is 11.1 Å². The van der Waals surface area contributed by atoms with E-state index in [1.807, 2.05) is 6.20 Å². The second-order valence-electron chi connectivity index (χ2n) is 9.22. The molecule has 5 rings (SSSR count). The molecule has 1 aromatic heterocycles. The molecule has 2 aromatic carbocycles. The van der Waals surface area contributed by atoms with Gasteiger partial charge in [-0.25, -0.2) is 4.98 Å². The quantitative estimate of drug-likeness (QED) is 0.470. The van der Waals surface area contributed by atoms with Gasteiger partial charge in [0.05, 0.1) is 5.69 Å². The van der Waals surface area contributed by atoms with Crippen LogP contribution in [0, 0.1) is 12.3 Å². The highest BCUT2D eigenvalue weighted by Gasteiger charge is 2.60. The fraction of sp³-hybridized carbons (Fsp3) is 0.370. The van der Waals surface area contributed by atoms with Gasteiger partial charge in [0.15, 0.2) is 5.82 Å². The first-order valence-corrected chi connectivity index (χ1v) is 11.2. The molecule has 154 valence electrons. The van der Waals surface area contributed by atoms with E-state index >= 15 is 0 Å². The highest BCUT2D eigenvalue weighted by molar-refractivity contribution is 5.89. The molecule has 0 saturated carbocycles. The molecule has 0 radical (unpaired) electrons. The van der Waals surface area contributed by atoms with Crippen molar-refractivity contribution in [3.63, 3.8) is 0 Å². The first kappa shape index (κ1) is 19.2. The molecule has 3 heterocycles. The number of hydrogen-bond acceptors (Lipinski definition) is 3. The van der Waals surface area contributed by atoms with Crippen LogP contribution in [0.15, 0.2) is 66.9 Å². The molecule has 3 atom stereocenters. The molecule has 3 aromatic rings. The number of aromatic nitrogens is 1. The maximum absolute atomic E-state index is 4.91. The predicted octanol–water partition coefficient (Wildman–Crippen LogP) is 7.10. The van der Waals surface area contributed by atoms with Crippen molar-refractivity contribution in [3.8, 4) is 0 Å². The van der Waals surface area contributed by atoms with Crippen molar-refractivity contribution < 1.29 is 0 Å². The minimum atomic E-state index is 0.0269. The lowest BCUT2D eigenvalue weighted by Gasteiger charge is -2.59. The fourth-order valence-corrected chi connectivity index (χ4v) is 5.95.